The highest BCUT2D eigenvalue weighted by Crippen LogP contribution is 2.16. The van der Waals surface area contributed by atoms with Crippen molar-refractivity contribution in [1.82, 2.24) is 4.98 Å². The minimum atomic E-state index is -0.840. The molecule has 0 bridgehead atoms. The Balaban J connectivity index is 2.74. The maximum atomic E-state index is 11.6. The summed E-state index contributed by atoms with van der Waals surface area (Å²) in [5, 5.41) is 0. The van der Waals surface area contributed by atoms with Crippen LogP contribution in [-0.2, 0) is 9.53 Å². The Bertz CT molecular complexity index is 371. The van der Waals surface area contributed by atoms with Crippen LogP contribution in [0, 0.1) is 0 Å². The molecule has 5 heteroatoms. The van der Waals surface area contributed by atoms with Crippen LogP contribution < -0.4 is 5.73 Å². The molecule has 1 rings (SSSR count). The maximum Gasteiger partial charge on any atom is 0.329 e. The van der Waals surface area contributed by atoms with Crippen molar-refractivity contribution in [2.45, 2.75) is 32.4 Å². The molecular formula is C11H15BrN2O2. The van der Waals surface area contributed by atoms with Crippen molar-refractivity contribution in [3.8, 4) is 0 Å². The van der Waals surface area contributed by atoms with Crippen LogP contribution in [0.4, 0.5) is 0 Å². The molecule has 0 spiro atoms. The Kier molecular flexibility index (Phi) is 4.04. The molecule has 0 saturated carbocycles. The molecule has 4 nitrogen and oxygen atoms in total. The summed E-state index contributed by atoms with van der Waals surface area (Å²) in [4.78, 5) is 15.7. The zero-order valence-corrected chi connectivity index (χ0v) is 11.1. The highest BCUT2D eigenvalue weighted by molar-refractivity contribution is 9.10. The SMILES string of the molecule is CC(C)(C)OC(=O)C(N)c1ccc(Br)cn1. The molecule has 2 N–H and O–H groups in total. The Morgan fingerprint density at radius 1 is 1.50 bits per heavy atom. The number of rotatable bonds is 2. The summed E-state index contributed by atoms with van der Waals surface area (Å²) < 4.78 is 6.01. The maximum absolute atomic E-state index is 11.6. The van der Waals surface area contributed by atoms with Crippen LogP contribution in [0.2, 0.25) is 0 Å². The topological polar surface area (TPSA) is 65.2 Å². The molecule has 1 heterocycles. The van der Waals surface area contributed by atoms with Crippen molar-refractivity contribution in [3.63, 3.8) is 0 Å². The van der Waals surface area contributed by atoms with E-state index in [4.69, 9.17) is 10.5 Å². The van der Waals surface area contributed by atoms with Crippen LogP contribution in [0.5, 0.6) is 0 Å². The average molecular weight is 287 g/mol. The molecule has 0 fully saturated rings. The van der Waals surface area contributed by atoms with Crippen LogP contribution in [0.25, 0.3) is 0 Å². The molecule has 0 saturated heterocycles. The first-order chi connectivity index (χ1) is 7.29. The van der Waals surface area contributed by atoms with Gasteiger partial charge in [-0.2, -0.15) is 0 Å². The summed E-state index contributed by atoms with van der Waals surface area (Å²) in [7, 11) is 0. The molecular weight excluding hydrogens is 272 g/mol. The quantitative estimate of drug-likeness (QED) is 0.847. The Morgan fingerprint density at radius 3 is 2.56 bits per heavy atom. The zero-order chi connectivity index (χ0) is 12.3. The Labute approximate surface area is 103 Å². The Morgan fingerprint density at radius 2 is 2.12 bits per heavy atom. The second-order valence-electron chi connectivity index (χ2n) is 4.41. The smallest absolute Gasteiger partial charge is 0.329 e. The van der Waals surface area contributed by atoms with Crippen molar-refractivity contribution in [2.75, 3.05) is 0 Å². The van der Waals surface area contributed by atoms with Crippen LogP contribution in [0.3, 0.4) is 0 Å². The van der Waals surface area contributed by atoms with Crippen LogP contribution in [0.15, 0.2) is 22.8 Å². The van der Waals surface area contributed by atoms with E-state index in [1.54, 1.807) is 39.1 Å². The number of esters is 1. The molecule has 0 amide bonds. The number of pyridine rings is 1. The highest BCUT2D eigenvalue weighted by atomic mass is 79.9. The fourth-order valence-corrected chi connectivity index (χ4v) is 1.29. The molecule has 0 aliphatic heterocycles. The summed E-state index contributed by atoms with van der Waals surface area (Å²) in [6, 6.07) is 2.64. The number of carbonyl (C=O) groups is 1. The third-order valence-electron chi connectivity index (χ3n) is 1.73. The van der Waals surface area contributed by atoms with E-state index in [0.29, 0.717) is 5.69 Å². The van der Waals surface area contributed by atoms with E-state index >= 15 is 0 Å². The predicted octanol–water partition coefficient (Wildman–Crippen LogP) is 2.19. The van der Waals surface area contributed by atoms with Crippen molar-refractivity contribution < 1.29 is 9.53 Å². The zero-order valence-electron chi connectivity index (χ0n) is 9.53. The molecule has 1 atom stereocenters. The molecule has 1 unspecified atom stereocenters. The van der Waals surface area contributed by atoms with E-state index in [1.165, 1.54) is 0 Å². The lowest BCUT2D eigenvalue weighted by molar-refractivity contribution is -0.156. The number of nitrogens with two attached hydrogens (primary N) is 1. The van der Waals surface area contributed by atoms with Crippen LogP contribution in [0.1, 0.15) is 32.5 Å². The number of carbonyl (C=O) groups excluding carboxylic acids is 1. The third kappa shape index (κ3) is 3.90. The van der Waals surface area contributed by atoms with Gasteiger partial charge in [0.2, 0.25) is 0 Å². The lowest BCUT2D eigenvalue weighted by atomic mass is 10.1. The molecule has 0 aliphatic rings. The van der Waals surface area contributed by atoms with Gasteiger partial charge in [0.15, 0.2) is 0 Å². The summed E-state index contributed by atoms with van der Waals surface area (Å²) >= 11 is 3.26. The van der Waals surface area contributed by atoms with Gasteiger partial charge in [0.1, 0.15) is 11.6 Å². The first-order valence-electron chi connectivity index (χ1n) is 4.89. The van der Waals surface area contributed by atoms with Gasteiger partial charge in [-0.1, -0.05) is 0 Å². The second kappa shape index (κ2) is 4.93. The molecule has 1 aromatic heterocycles. The number of hydrogen-bond donors (Lipinski definition) is 1. The normalized spacial score (nSPS) is 13.3. The van der Waals surface area contributed by atoms with Crippen molar-refractivity contribution in [2.24, 2.45) is 5.73 Å². The van der Waals surface area contributed by atoms with Gasteiger partial charge in [0.25, 0.3) is 0 Å². The van der Waals surface area contributed by atoms with Gasteiger partial charge in [-0.15, -0.1) is 0 Å². The minimum Gasteiger partial charge on any atom is -0.459 e. The van der Waals surface area contributed by atoms with Crippen LogP contribution >= 0.6 is 15.9 Å². The lowest BCUT2D eigenvalue weighted by Gasteiger charge is -2.21. The van der Waals surface area contributed by atoms with Crippen molar-refractivity contribution in [1.29, 1.82) is 0 Å². The van der Waals surface area contributed by atoms with Crippen molar-refractivity contribution >= 4 is 21.9 Å². The van der Waals surface area contributed by atoms with Crippen molar-refractivity contribution in [3.05, 3.63) is 28.5 Å². The molecule has 0 aliphatic carbocycles. The van der Waals surface area contributed by atoms with E-state index in [0.717, 1.165) is 4.47 Å². The van der Waals surface area contributed by atoms with Crippen LogP contribution in [-0.4, -0.2) is 16.6 Å². The summed E-state index contributed by atoms with van der Waals surface area (Å²) in [5.74, 6) is -0.470. The average Bonchev–Trinajstić information content (AvgIpc) is 2.15. The van der Waals surface area contributed by atoms with Gasteiger partial charge in [-0.3, -0.25) is 4.98 Å². The number of halogens is 1. The molecule has 0 radical (unpaired) electrons. The number of nitrogens with zero attached hydrogens (tertiary/aromatic N) is 1. The number of ether oxygens (including phenoxy) is 1. The number of hydrogen-bond acceptors (Lipinski definition) is 4. The standard InChI is InChI=1S/C11H15BrN2O2/c1-11(2,3)16-10(15)9(13)8-5-4-7(12)6-14-8/h4-6,9H,13H2,1-3H3. The van der Waals surface area contributed by atoms with E-state index in [2.05, 4.69) is 20.9 Å². The molecule has 16 heavy (non-hydrogen) atoms. The van der Waals surface area contributed by atoms with Gasteiger partial charge in [0, 0.05) is 10.7 Å². The monoisotopic (exact) mass is 286 g/mol. The summed E-state index contributed by atoms with van der Waals surface area (Å²) in [6.45, 7) is 5.39. The number of aromatic nitrogens is 1. The second-order valence-corrected chi connectivity index (χ2v) is 5.33. The van der Waals surface area contributed by atoms with Gasteiger partial charge >= 0.3 is 5.97 Å². The van der Waals surface area contributed by atoms with Gasteiger partial charge in [-0.05, 0) is 48.8 Å². The van der Waals surface area contributed by atoms with E-state index < -0.39 is 17.6 Å². The highest BCUT2D eigenvalue weighted by Gasteiger charge is 2.24. The molecule has 88 valence electrons. The summed E-state index contributed by atoms with van der Waals surface area (Å²) in [6.07, 6.45) is 1.60. The fourth-order valence-electron chi connectivity index (χ4n) is 1.06. The Hall–Kier alpha value is -0.940. The minimum absolute atomic E-state index is 0.470. The third-order valence-corrected chi connectivity index (χ3v) is 2.20. The largest absolute Gasteiger partial charge is 0.459 e. The first-order valence-corrected chi connectivity index (χ1v) is 5.69. The van der Waals surface area contributed by atoms with Gasteiger partial charge in [0.05, 0.1) is 5.69 Å². The van der Waals surface area contributed by atoms with Gasteiger partial charge in [-0.25, -0.2) is 4.79 Å². The summed E-state index contributed by atoms with van der Waals surface area (Å²) in [5.41, 5.74) is 5.70. The molecule has 0 aromatic carbocycles. The van der Waals surface area contributed by atoms with Gasteiger partial charge < -0.3 is 10.5 Å². The molecule has 1 aromatic rings. The van der Waals surface area contributed by atoms with E-state index in [1.807, 2.05) is 0 Å². The fraction of sp³-hybridized carbons (Fsp3) is 0.455. The van der Waals surface area contributed by atoms with E-state index in [-0.39, 0.29) is 0 Å². The van der Waals surface area contributed by atoms with E-state index in [9.17, 15) is 4.79 Å². The predicted molar refractivity (Wildman–Crippen MR) is 64.7 cm³/mol. The first kappa shape index (κ1) is 13.1. The lowest BCUT2D eigenvalue weighted by Crippen LogP contribution is -2.32.